The standard InChI is InChI=1S/C27H15N2Se.C15H28O2.Ir/c1-2-8-18(9-3-1)29-21-11-6-12-22-24(21)25-23(30-22)15-16-28-26(25)20-14-13-17-7-4-5-10-19(17)27(20)29;1-7-14(5,8-2)12(16)11-13(17)15(6,9-3)10-4;/h1-13,15-16H;11,16H,7-10H2,1-6H3;/q-1;;/b;12-11-;. The SMILES string of the molecule is CCC(C)(CC)C(=O)/C=C(\O)C(C)(CC)CC.[Ir].[c-]1cc2ccccc2c2c1c1nccc3[se]c4cccc(c4c31)n2-c1ccccc1. The normalized spacial score (nSPS) is 12.4. The number of rotatable bonds is 8. The van der Waals surface area contributed by atoms with E-state index in [0.29, 0.717) is 14.5 Å². The molecule has 0 spiro atoms. The molecule has 6 heteroatoms. The number of hydrogen-bond acceptors (Lipinski definition) is 3. The van der Waals surface area contributed by atoms with E-state index < -0.39 is 0 Å². The molecule has 4 nitrogen and oxygen atoms in total. The molecule has 0 aliphatic heterocycles. The van der Waals surface area contributed by atoms with Crippen LogP contribution in [0.2, 0.25) is 0 Å². The number of ketones is 1. The molecule has 1 radical (unpaired) electrons. The number of carbonyl (C=O) groups excluding carboxylic acids is 1. The number of hydrogen-bond donors (Lipinski definition) is 1. The van der Waals surface area contributed by atoms with Crippen molar-refractivity contribution in [3.05, 3.63) is 109 Å². The van der Waals surface area contributed by atoms with Crippen LogP contribution < -0.4 is 0 Å². The maximum atomic E-state index is 12.2. The van der Waals surface area contributed by atoms with Crippen LogP contribution in [0.5, 0.6) is 0 Å². The van der Waals surface area contributed by atoms with Crippen LogP contribution in [0, 0.1) is 16.9 Å². The Morgan fingerprint density at radius 2 is 1.48 bits per heavy atom. The minimum atomic E-state index is -0.337. The van der Waals surface area contributed by atoms with Gasteiger partial charge in [-0.15, -0.1) is 0 Å². The maximum absolute atomic E-state index is 12.2. The number of pyridine rings is 1. The summed E-state index contributed by atoms with van der Waals surface area (Å²) in [5.41, 5.74) is 4.01. The predicted octanol–water partition coefficient (Wildman–Crippen LogP) is 11.1. The first-order valence-electron chi connectivity index (χ1n) is 16.7. The summed E-state index contributed by atoms with van der Waals surface area (Å²) in [5.74, 6) is 0.286. The van der Waals surface area contributed by atoms with Gasteiger partial charge < -0.3 is 5.11 Å². The topological polar surface area (TPSA) is 55.1 Å². The van der Waals surface area contributed by atoms with Crippen molar-refractivity contribution in [3.8, 4) is 5.69 Å². The zero-order valence-electron chi connectivity index (χ0n) is 28.6. The Balaban J connectivity index is 0.000000218. The van der Waals surface area contributed by atoms with E-state index in [1.54, 1.807) is 0 Å². The molecule has 0 bridgehead atoms. The Bertz CT molecular complexity index is 2260. The van der Waals surface area contributed by atoms with Crippen LogP contribution in [-0.2, 0) is 24.9 Å². The van der Waals surface area contributed by atoms with Crippen LogP contribution in [0.3, 0.4) is 0 Å². The fourth-order valence-corrected chi connectivity index (χ4v) is 8.73. The molecule has 0 aliphatic rings. The summed E-state index contributed by atoms with van der Waals surface area (Å²) in [6, 6.07) is 33.9. The summed E-state index contributed by atoms with van der Waals surface area (Å²) in [5, 5.41) is 16.3. The van der Waals surface area contributed by atoms with E-state index in [1.807, 2.05) is 47.7 Å². The molecule has 0 fully saturated rings. The second-order valence-corrected chi connectivity index (χ2v) is 15.3. The van der Waals surface area contributed by atoms with E-state index >= 15 is 0 Å². The number of carbonyl (C=O) groups is 1. The van der Waals surface area contributed by atoms with Gasteiger partial charge in [0.2, 0.25) is 0 Å². The summed E-state index contributed by atoms with van der Waals surface area (Å²) in [6.07, 6.45) is 6.72. The van der Waals surface area contributed by atoms with Gasteiger partial charge in [-0.05, 0) is 25.7 Å². The van der Waals surface area contributed by atoms with Crippen LogP contribution in [0.15, 0.2) is 103 Å². The van der Waals surface area contributed by atoms with Crippen molar-refractivity contribution in [3.63, 3.8) is 0 Å². The molecule has 4 aromatic carbocycles. The Labute approximate surface area is 303 Å². The Kier molecular flexibility index (Phi) is 10.8. The fourth-order valence-electron chi connectivity index (χ4n) is 6.37. The third-order valence-electron chi connectivity index (χ3n) is 10.5. The van der Waals surface area contributed by atoms with Gasteiger partial charge in [-0.2, -0.15) is 0 Å². The average Bonchev–Trinajstić information content (AvgIpc) is 3.45. The second kappa shape index (κ2) is 14.5. The van der Waals surface area contributed by atoms with Crippen molar-refractivity contribution in [2.75, 3.05) is 0 Å². The summed E-state index contributed by atoms with van der Waals surface area (Å²) in [7, 11) is 0. The van der Waals surface area contributed by atoms with Gasteiger partial charge in [0.25, 0.3) is 0 Å². The quantitative estimate of drug-likeness (QED) is 0.0716. The van der Waals surface area contributed by atoms with Gasteiger partial charge in [-0.1, -0.05) is 41.5 Å². The molecule has 0 amide bonds. The molecule has 249 valence electrons. The molecule has 0 aliphatic carbocycles. The van der Waals surface area contributed by atoms with Gasteiger partial charge in [0.1, 0.15) is 5.76 Å². The number of aliphatic hydroxyl groups is 1. The Morgan fingerprint density at radius 3 is 2.17 bits per heavy atom. The van der Waals surface area contributed by atoms with Gasteiger partial charge in [0.05, 0.1) is 0 Å². The van der Waals surface area contributed by atoms with Crippen molar-refractivity contribution in [1.82, 2.24) is 9.55 Å². The Hall–Kier alpha value is -3.53. The fraction of sp³-hybridized carbons (Fsp3) is 0.286. The minimum absolute atomic E-state index is 0. The summed E-state index contributed by atoms with van der Waals surface area (Å²) >= 11 is 0.301. The first-order chi connectivity index (χ1) is 22.7. The van der Waals surface area contributed by atoms with Gasteiger partial charge in [0.15, 0.2) is 5.78 Å². The molecule has 1 N–H and O–H groups in total. The summed E-state index contributed by atoms with van der Waals surface area (Å²) in [6.45, 7) is 12.1. The van der Waals surface area contributed by atoms with Crippen LogP contribution in [0.25, 0.3) is 57.7 Å². The van der Waals surface area contributed by atoms with Gasteiger partial charge in [0, 0.05) is 37.0 Å². The molecule has 0 atom stereocenters. The number of benzene rings is 4. The molecule has 7 rings (SSSR count). The van der Waals surface area contributed by atoms with Crippen molar-refractivity contribution >= 4 is 72.3 Å². The predicted molar refractivity (Wildman–Crippen MR) is 200 cm³/mol. The van der Waals surface area contributed by atoms with Crippen LogP contribution in [0.1, 0.15) is 67.2 Å². The zero-order valence-corrected chi connectivity index (χ0v) is 32.7. The van der Waals surface area contributed by atoms with Crippen LogP contribution >= 0.6 is 0 Å². The van der Waals surface area contributed by atoms with Crippen molar-refractivity contribution in [2.24, 2.45) is 10.8 Å². The molecule has 3 heterocycles. The van der Waals surface area contributed by atoms with Gasteiger partial charge in [-0.3, -0.25) is 4.79 Å². The van der Waals surface area contributed by atoms with E-state index in [0.717, 1.165) is 47.8 Å². The van der Waals surface area contributed by atoms with E-state index in [9.17, 15) is 9.90 Å². The van der Waals surface area contributed by atoms with E-state index in [2.05, 4.69) is 95.6 Å². The summed E-state index contributed by atoms with van der Waals surface area (Å²) in [4.78, 5) is 17.1. The third-order valence-corrected chi connectivity index (χ3v) is 12.9. The van der Waals surface area contributed by atoms with E-state index in [-0.39, 0.29) is 42.5 Å². The van der Waals surface area contributed by atoms with Gasteiger partial charge in [-0.25, -0.2) is 0 Å². The molecule has 0 saturated carbocycles. The molecular weight excluding hydrogens is 836 g/mol. The summed E-state index contributed by atoms with van der Waals surface area (Å²) < 4.78 is 5.26. The molecule has 0 unspecified atom stereocenters. The number of aliphatic hydroxyl groups excluding tert-OH is 1. The van der Waals surface area contributed by atoms with Gasteiger partial charge >= 0.3 is 179 Å². The number of fused-ring (bicyclic) bond motifs is 4. The molecule has 7 aromatic rings. The third kappa shape index (κ3) is 6.21. The first kappa shape index (κ1) is 35.8. The average molecular weight is 879 g/mol. The Morgan fingerprint density at radius 1 is 0.833 bits per heavy atom. The molecule has 3 aromatic heterocycles. The monoisotopic (exact) mass is 880 g/mol. The number of allylic oxidation sites excluding steroid dienone is 2. The van der Waals surface area contributed by atoms with Crippen LogP contribution in [0.4, 0.5) is 0 Å². The number of nitrogens with zero attached hydrogens (tertiary/aromatic N) is 2. The molecular formula is C42H43IrN2O2Se-. The van der Waals surface area contributed by atoms with Crippen molar-refractivity contribution in [1.29, 1.82) is 0 Å². The van der Waals surface area contributed by atoms with Crippen molar-refractivity contribution < 1.29 is 30.0 Å². The van der Waals surface area contributed by atoms with Crippen molar-refractivity contribution in [2.45, 2.75) is 67.2 Å². The van der Waals surface area contributed by atoms with E-state index in [1.165, 1.54) is 41.7 Å². The van der Waals surface area contributed by atoms with E-state index in [4.69, 9.17) is 4.98 Å². The molecule has 48 heavy (non-hydrogen) atoms. The molecule has 0 saturated heterocycles. The first-order valence-corrected chi connectivity index (χ1v) is 18.5. The van der Waals surface area contributed by atoms with Crippen LogP contribution in [-0.4, -0.2) is 34.9 Å². The second-order valence-electron chi connectivity index (χ2n) is 13.0. The number of para-hydroxylation sites is 1. The number of aromatic nitrogens is 2. The zero-order chi connectivity index (χ0) is 33.3.